The van der Waals surface area contributed by atoms with Gasteiger partial charge in [0, 0.05) is 0 Å². The molecule has 0 saturated carbocycles. The summed E-state index contributed by atoms with van der Waals surface area (Å²) in [6, 6.07) is 13.0. The van der Waals surface area contributed by atoms with E-state index in [4.69, 9.17) is 4.74 Å². The zero-order chi connectivity index (χ0) is 19.6. The highest BCUT2D eigenvalue weighted by Crippen LogP contribution is 2.31. The minimum absolute atomic E-state index is 0.252. The molecule has 3 rings (SSSR count). The van der Waals surface area contributed by atoms with Gasteiger partial charge in [0.05, 0.1) is 13.7 Å². The number of carbonyl (C=O) groups excluding carboxylic acids is 2. The number of urea groups is 1. The second-order valence-electron chi connectivity index (χ2n) is 6.97. The highest BCUT2D eigenvalue weighted by molar-refractivity contribution is 6.14. The molecule has 1 fully saturated rings. The summed E-state index contributed by atoms with van der Waals surface area (Å²) in [6.07, 6.45) is 1.74. The Morgan fingerprint density at radius 3 is 2.48 bits per heavy atom. The smallest absolute Gasteiger partial charge is 0.329 e. The lowest BCUT2D eigenvalue weighted by molar-refractivity contribution is -0.123. The average Bonchev–Trinajstić information content (AvgIpc) is 2.91. The highest BCUT2D eigenvalue weighted by Gasteiger charge is 2.33. The van der Waals surface area contributed by atoms with E-state index in [1.165, 1.54) is 4.90 Å². The molecule has 2 aromatic carbocycles. The number of rotatable bonds is 5. The third kappa shape index (κ3) is 3.87. The van der Waals surface area contributed by atoms with Gasteiger partial charge in [-0.2, -0.15) is 0 Å². The number of imide groups is 1. The number of carbonyl (C=O) groups is 2. The topological polar surface area (TPSA) is 58.6 Å². The minimum Gasteiger partial charge on any atom is -0.496 e. The van der Waals surface area contributed by atoms with Crippen molar-refractivity contribution in [2.24, 2.45) is 0 Å². The van der Waals surface area contributed by atoms with Crippen LogP contribution in [0.1, 0.15) is 42.0 Å². The first kappa shape index (κ1) is 18.7. The lowest BCUT2D eigenvalue weighted by atomic mass is 9.96. The molecule has 5 nitrogen and oxygen atoms in total. The van der Waals surface area contributed by atoms with Gasteiger partial charge in [-0.15, -0.1) is 0 Å². The fourth-order valence-electron chi connectivity index (χ4n) is 3.14. The molecule has 1 N–H and O–H groups in total. The Morgan fingerprint density at radius 2 is 1.85 bits per heavy atom. The van der Waals surface area contributed by atoms with Crippen LogP contribution in [0.5, 0.6) is 5.75 Å². The predicted octanol–water partition coefficient (Wildman–Crippen LogP) is 4.22. The number of hydrogen-bond donors (Lipinski definition) is 1. The molecule has 1 saturated heterocycles. The van der Waals surface area contributed by atoms with E-state index < -0.39 is 6.03 Å². The molecule has 140 valence electrons. The fourth-order valence-corrected chi connectivity index (χ4v) is 3.14. The van der Waals surface area contributed by atoms with Crippen molar-refractivity contribution in [2.45, 2.75) is 33.2 Å². The van der Waals surface area contributed by atoms with E-state index in [1.54, 1.807) is 13.2 Å². The monoisotopic (exact) mass is 364 g/mol. The third-order valence-corrected chi connectivity index (χ3v) is 4.69. The zero-order valence-corrected chi connectivity index (χ0v) is 16.1. The molecule has 0 atom stereocenters. The second-order valence-corrected chi connectivity index (χ2v) is 6.97. The van der Waals surface area contributed by atoms with Gasteiger partial charge in [0.15, 0.2) is 0 Å². The van der Waals surface area contributed by atoms with Crippen molar-refractivity contribution < 1.29 is 14.3 Å². The molecule has 2 aromatic rings. The van der Waals surface area contributed by atoms with E-state index >= 15 is 0 Å². The van der Waals surface area contributed by atoms with Gasteiger partial charge in [-0.05, 0) is 53.3 Å². The first-order valence-electron chi connectivity index (χ1n) is 8.97. The largest absolute Gasteiger partial charge is 0.496 e. The molecule has 0 aromatic heterocycles. The van der Waals surface area contributed by atoms with Crippen LogP contribution in [-0.2, 0) is 11.3 Å². The SMILES string of the molecule is COc1cc(C)c(/C=C2/NC(=O)N(Cc3ccccc3)C2=O)cc1C(C)C. The lowest BCUT2D eigenvalue weighted by Crippen LogP contribution is -2.30. The quantitative estimate of drug-likeness (QED) is 0.638. The van der Waals surface area contributed by atoms with Crippen LogP contribution in [-0.4, -0.2) is 23.9 Å². The van der Waals surface area contributed by atoms with Crippen molar-refractivity contribution in [3.05, 3.63) is 70.4 Å². The van der Waals surface area contributed by atoms with E-state index in [-0.39, 0.29) is 18.4 Å². The summed E-state index contributed by atoms with van der Waals surface area (Å²) in [4.78, 5) is 26.2. The van der Waals surface area contributed by atoms with Crippen LogP contribution < -0.4 is 10.1 Å². The summed E-state index contributed by atoms with van der Waals surface area (Å²) in [7, 11) is 1.65. The van der Waals surface area contributed by atoms with Crippen molar-refractivity contribution in [3.8, 4) is 5.75 Å². The van der Waals surface area contributed by atoms with Crippen molar-refractivity contribution in [1.29, 1.82) is 0 Å². The fraction of sp³-hybridized carbons (Fsp3) is 0.273. The Bertz CT molecular complexity index is 901. The minimum atomic E-state index is -0.398. The number of methoxy groups -OCH3 is 1. The molecule has 0 unspecified atom stereocenters. The van der Waals surface area contributed by atoms with Gasteiger partial charge in [-0.25, -0.2) is 4.79 Å². The Morgan fingerprint density at radius 1 is 1.15 bits per heavy atom. The molecule has 1 aliphatic heterocycles. The standard InChI is InChI=1S/C22H24N2O3/c1-14(2)18-11-17(15(3)10-20(18)27-4)12-19-21(25)24(22(26)23-19)13-16-8-6-5-7-9-16/h5-12,14H,13H2,1-4H3,(H,23,26)/b19-12+. The van der Waals surface area contributed by atoms with Gasteiger partial charge in [-0.1, -0.05) is 44.2 Å². The average molecular weight is 364 g/mol. The van der Waals surface area contributed by atoms with E-state index in [1.807, 2.05) is 49.4 Å². The maximum absolute atomic E-state index is 12.7. The first-order valence-corrected chi connectivity index (χ1v) is 8.97. The molecule has 0 aliphatic carbocycles. The molecule has 1 heterocycles. The Balaban J connectivity index is 1.91. The van der Waals surface area contributed by atoms with Gasteiger partial charge in [0.25, 0.3) is 5.91 Å². The molecule has 1 aliphatic rings. The third-order valence-electron chi connectivity index (χ3n) is 4.69. The van der Waals surface area contributed by atoms with Crippen molar-refractivity contribution in [2.75, 3.05) is 7.11 Å². The van der Waals surface area contributed by atoms with Crippen LogP contribution in [0.4, 0.5) is 4.79 Å². The maximum atomic E-state index is 12.7. The van der Waals surface area contributed by atoms with Crippen LogP contribution in [0, 0.1) is 6.92 Å². The number of benzene rings is 2. The van der Waals surface area contributed by atoms with Crippen LogP contribution >= 0.6 is 0 Å². The number of amides is 3. The number of aryl methyl sites for hydroxylation is 1. The van der Waals surface area contributed by atoms with E-state index in [9.17, 15) is 9.59 Å². The van der Waals surface area contributed by atoms with Gasteiger partial charge in [-0.3, -0.25) is 9.69 Å². The lowest BCUT2D eigenvalue weighted by Gasteiger charge is -2.15. The Labute approximate surface area is 159 Å². The van der Waals surface area contributed by atoms with E-state index in [0.29, 0.717) is 5.70 Å². The molecular weight excluding hydrogens is 340 g/mol. The summed E-state index contributed by atoms with van der Waals surface area (Å²) < 4.78 is 5.47. The molecule has 0 spiro atoms. The normalized spacial score (nSPS) is 15.6. The number of hydrogen-bond acceptors (Lipinski definition) is 3. The van der Waals surface area contributed by atoms with Crippen LogP contribution in [0.3, 0.4) is 0 Å². The molecule has 5 heteroatoms. The number of ether oxygens (including phenoxy) is 1. The summed E-state index contributed by atoms with van der Waals surface area (Å²) in [5.74, 6) is 0.795. The Kier molecular flexibility index (Phi) is 5.31. The zero-order valence-electron chi connectivity index (χ0n) is 16.1. The molecule has 0 radical (unpaired) electrons. The summed E-state index contributed by atoms with van der Waals surface area (Å²) >= 11 is 0. The molecular formula is C22H24N2O3. The van der Waals surface area contributed by atoms with E-state index in [2.05, 4.69) is 19.2 Å². The summed E-state index contributed by atoms with van der Waals surface area (Å²) in [6.45, 7) is 6.39. The predicted molar refractivity (Wildman–Crippen MR) is 105 cm³/mol. The number of nitrogens with zero attached hydrogens (tertiary/aromatic N) is 1. The summed E-state index contributed by atoms with van der Waals surface area (Å²) in [5.41, 5.74) is 4.13. The van der Waals surface area contributed by atoms with Crippen LogP contribution in [0.15, 0.2) is 48.2 Å². The van der Waals surface area contributed by atoms with Gasteiger partial charge < -0.3 is 10.1 Å². The second kappa shape index (κ2) is 7.66. The molecule has 3 amide bonds. The molecule has 0 bridgehead atoms. The summed E-state index contributed by atoms with van der Waals surface area (Å²) in [5, 5.41) is 2.69. The van der Waals surface area contributed by atoms with Crippen molar-refractivity contribution >= 4 is 18.0 Å². The van der Waals surface area contributed by atoms with Crippen LogP contribution in [0.25, 0.3) is 6.08 Å². The molecule has 27 heavy (non-hydrogen) atoms. The Hall–Kier alpha value is -3.08. The van der Waals surface area contributed by atoms with E-state index in [0.717, 1.165) is 28.0 Å². The van der Waals surface area contributed by atoms with Crippen molar-refractivity contribution in [3.63, 3.8) is 0 Å². The van der Waals surface area contributed by atoms with Gasteiger partial charge in [0.1, 0.15) is 11.4 Å². The van der Waals surface area contributed by atoms with Gasteiger partial charge >= 0.3 is 6.03 Å². The first-order chi connectivity index (χ1) is 12.9. The van der Waals surface area contributed by atoms with Crippen LogP contribution in [0.2, 0.25) is 0 Å². The highest BCUT2D eigenvalue weighted by atomic mass is 16.5. The maximum Gasteiger partial charge on any atom is 0.329 e. The van der Waals surface area contributed by atoms with Crippen molar-refractivity contribution in [1.82, 2.24) is 10.2 Å². The number of nitrogens with one attached hydrogen (secondary N) is 1. The van der Waals surface area contributed by atoms with Gasteiger partial charge in [0.2, 0.25) is 0 Å².